The zero-order valence-electron chi connectivity index (χ0n) is 19.5. The predicted octanol–water partition coefficient (Wildman–Crippen LogP) is 8.32. The summed E-state index contributed by atoms with van der Waals surface area (Å²) < 4.78 is 0. The molecule has 0 spiro atoms. The Morgan fingerprint density at radius 1 is 0.667 bits per heavy atom. The lowest BCUT2D eigenvalue weighted by molar-refractivity contribution is 0.475. The molecule has 2 heteroatoms. The van der Waals surface area contributed by atoms with E-state index >= 15 is 0 Å². The Kier molecular flexibility index (Phi) is 12.6. The summed E-state index contributed by atoms with van der Waals surface area (Å²) in [5, 5.41) is 17.3. The van der Waals surface area contributed by atoms with Gasteiger partial charge in [0.1, 0.15) is 11.5 Å². The van der Waals surface area contributed by atoms with E-state index in [1.807, 2.05) is 12.1 Å². The van der Waals surface area contributed by atoms with Crippen molar-refractivity contribution < 1.29 is 10.2 Å². The van der Waals surface area contributed by atoms with Crippen molar-refractivity contribution in [3.63, 3.8) is 0 Å². The number of fused-ring (bicyclic) bond motifs is 2. The average molecular weight is 441 g/mol. The van der Waals surface area contributed by atoms with Crippen LogP contribution in [0.2, 0.25) is 0 Å². The highest BCUT2D eigenvalue weighted by Gasteiger charge is 2.29. The third kappa shape index (κ3) is 11.6. The topological polar surface area (TPSA) is 40.5 Å². The van der Waals surface area contributed by atoms with Crippen LogP contribution in [0.1, 0.15) is 32.6 Å². The van der Waals surface area contributed by atoms with Crippen LogP contribution in [0.15, 0.2) is 133 Å². The van der Waals surface area contributed by atoms with Crippen LogP contribution in [0.5, 0.6) is 11.5 Å². The van der Waals surface area contributed by atoms with Gasteiger partial charge in [0, 0.05) is 0 Å². The molecule has 172 valence electrons. The second-order valence-electron chi connectivity index (χ2n) is 7.91. The van der Waals surface area contributed by atoms with E-state index in [-0.39, 0.29) is 0 Å². The van der Waals surface area contributed by atoms with Crippen molar-refractivity contribution in [3.05, 3.63) is 133 Å². The first-order valence-corrected chi connectivity index (χ1v) is 11.6. The lowest BCUT2D eigenvalue weighted by Crippen LogP contribution is -1.90. The Morgan fingerprint density at radius 3 is 1.30 bits per heavy atom. The number of benzene rings is 2. The number of phenolic OH excluding ortho intramolecular Hbond substituents is 2. The summed E-state index contributed by atoms with van der Waals surface area (Å²) in [6.07, 6.45) is 28.8. The zero-order chi connectivity index (χ0) is 23.6. The van der Waals surface area contributed by atoms with Crippen molar-refractivity contribution in [1.82, 2.24) is 0 Å². The van der Waals surface area contributed by atoms with Crippen molar-refractivity contribution >= 4 is 0 Å². The summed E-state index contributed by atoms with van der Waals surface area (Å²) in [7, 11) is 0. The molecule has 0 radical (unpaired) electrons. The van der Waals surface area contributed by atoms with Gasteiger partial charge in [-0.3, -0.25) is 0 Å². The SMILES string of the molecule is C1=CCC=C1.C1=CCC=C1.CC=C1CC2C=CC1C2.Oc1ccccc1.Oc1ccccc1. The highest BCUT2D eigenvalue weighted by atomic mass is 16.3. The highest BCUT2D eigenvalue weighted by Crippen LogP contribution is 2.42. The van der Waals surface area contributed by atoms with Crippen molar-refractivity contribution in [2.24, 2.45) is 11.8 Å². The monoisotopic (exact) mass is 440 g/mol. The number of allylic oxidation sites excluding steroid dienone is 12. The fraction of sp³-hybridized carbons (Fsp3) is 0.226. The van der Waals surface area contributed by atoms with E-state index in [1.54, 1.807) is 54.1 Å². The van der Waals surface area contributed by atoms with Crippen molar-refractivity contribution in [2.75, 3.05) is 0 Å². The molecular formula is C31H36O2. The summed E-state index contributed by atoms with van der Waals surface area (Å²) in [5.41, 5.74) is 1.67. The molecule has 6 rings (SSSR count). The molecule has 2 nitrogen and oxygen atoms in total. The molecule has 0 amide bonds. The molecule has 2 bridgehead atoms. The van der Waals surface area contributed by atoms with E-state index in [0.717, 1.165) is 24.7 Å². The highest BCUT2D eigenvalue weighted by molar-refractivity contribution is 5.26. The van der Waals surface area contributed by atoms with Crippen molar-refractivity contribution in [2.45, 2.75) is 32.6 Å². The Hall–Kier alpha value is -3.52. The maximum absolute atomic E-state index is 8.63. The number of aromatic hydroxyl groups is 2. The Bertz CT molecular complexity index is 867. The zero-order valence-corrected chi connectivity index (χ0v) is 19.5. The van der Waals surface area contributed by atoms with Crippen LogP contribution in [-0.2, 0) is 0 Å². The van der Waals surface area contributed by atoms with E-state index in [9.17, 15) is 0 Å². The first-order valence-electron chi connectivity index (χ1n) is 11.6. The van der Waals surface area contributed by atoms with Gasteiger partial charge in [-0.15, -0.1) is 0 Å². The molecule has 0 aromatic heterocycles. The van der Waals surface area contributed by atoms with Crippen LogP contribution in [0.25, 0.3) is 0 Å². The van der Waals surface area contributed by atoms with Gasteiger partial charge in [-0.2, -0.15) is 0 Å². The smallest absolute Gasteiger partial charge is 0.115 e. The van der Waals surface area contributed by atoms with E-state index in [1.165, 1.54) is 12.8 Å². The molecule has 4 aliphatic carbocycles. The Labute approximate surface area is 199 Å². The molecule has 0 saturated heterocycles. The summed E-state index contributed by atoms with van der Waals surface area (Å²) >= 11 is 0. The number of phenols is 2. The van der Waals surface area contributed by atoms with E-state index in [4.69, 9.17) is 10.2 Å². The lowest BCUT2D eigenvalue weighted by atomic mass is 10.0. The Balaban J connectivity index is 0.000000149. The van der Waals surface area contributed by atoms with Crippen LogP contribution >= 0.6 is 0 Å². The lowest BCUT2D eigenvalue weighted by Gasteiger charge is -2.05. The van der Waals surface area contributed by atoms with E-state index < -0.39 is 0 Å². The van der Waals surface area contributed by atoms with Gasteiger partial charge in [-0.1, -0.05) is 109 Å². The quantitative estimate of drug-likeness (QED) is 0.404. The molecule has 2 aromatic carbocycles. The normalized spacial score (nSPS) is 20.7. The summed E-state index contributed by atoms with van der Waals surface area (Å²) in [6.45, 7) is 2.16. The van der Waals surface area contributed by atoms with Crippen molar-refractivity contribution in [3.8, 4) is 11.5 Å². The summed E-state index contributed by atoms with van der Waals surface area (Å²) in [5.74, 6) is 2.38. The van der Waals surface area contributed by atoms with Crippen LogP contribution < -0.4 is 0 Å². The van der Waals surface area contributed by atoms with Crippen LogP contribution in [0, 0.1) is 11.8 Å². The second kappa shape index (κ2) is 16.2. The predicted molar refractivity (Wildman–Crippen MR) is 141 cm³/mol. The van der Waals surface area contributed by atoms with Gasteiger partial charge in [0.25, 0.3) is 0 Å². The number of rotatable bonds is 0. The molecule has 2 aromatic rings. The van der Waals surface area contributed by atoms with Gasteiger partial charge in [-0.25, -0.2) is 0 Å². The fourth-order valence-electron chi connectivity index (χ4n) is 3.63. The van der Waals surface area contributed by atoms with Crippen molar-refractivity contribution in [1.29, 1.82) is 0 Å². The van der Waals surface area contributed by atoms with Gasteiger partial charge in [0.15, 0.2) is 0 Å². The summed E-state index contributed by atoms with van der Waals surface area (Å²) in [4.78, 5) is 0. The minimum atomic E-state index is 0.322. The van der Waals surface area contributed by atoms with Gasteiger partial charge >= 0.3 is 0 Å². The van der Waals surface area contributed by atoms with Gasteiger partial charge in [-0.05, 0) is 68.7 Å². The molecule has 33 heavy (non-hydrogen) atoms. The molecule has 2 unspecified atom stereocenters. The molecule has 2 N–H and O–H groups in total. The first kappa shape index (κ1) is 25.7. The third-order valence-corrected chi connectivity index (χ3v) is 5.34. The van der Waals surface area contributed by atoms with Gasteiger partial charge in [0.2, 0.25) is 0 Å². The maximum Gasteiger partial charge on any atom is 0.115 e. The molecular weight excluding hydrogens is 404 g/mol. The molecule has 0 heterocycles. The standard InChI is InChI=1S/C9H12.2C6H6O.2C5H6/c1-2-8-5-7-3-4-9(8)6-7;2*7-6-4-2-1-3-5-6;2*1-2-4-5-3-1/h2-4,7,9H,5-6H2,1H3;2*1-5,7H;2*1-4H,5H2. The van der Waals surface area contributed by atoms with Gasteiger partial charge < -0.3 is 10.2 Å². The minimum absolute atomic E-state index is 0.322. The van der Waals surface area contributed by atoms with E-state index in [0.29, 0.717) is 11.5 Å². The minimum Gasteiger partial charge on any atom is -0.508 e. The molecule has 1 fully saturated rings. The largest absolute Gasteiger partial charge is 0.508 e. The second-order valence-corrected chi connectivity index (χ2v) is 7.91. The molecule has 2 atom stereocenters. The Morgan fingerprint density at radius 2 is 1.12 bits per heavy atom. The average Bonchev–Trinajstić information content (AvgIpc) is 3.68. The van der Waals surface area contributed by atoms with Crippen LogP contribution in [-0.4, -0.2) is 10.2 Å². The number of hydrogen-bond acceptors (Lipinski definition) is 2. The first-order chi connectivity index (χ1) is 16.2. The van der Waals surface area contributed by atoms with E-state index in [2.05, 4.69) is 73.8 Å². The van der Waals surface area contributed by atoms with Crippen LogP contribution in [0.3, 0.4) is 0 Å². The third-order valence-electron chi connectivity index (χ3n) is 5.34. The number of hydrogen-bond donors (Lipinski definition) is 2. The fourth-order valence-corrected chi connectivity index (χ4v) is 3.63. The maximum atomic E-state index is 8.63. The summed E-state index contributed by atoms with van der Waals surface area (Å²) in [6, 6.07) is 17.4. The molecule has 4 aliphatic rings. The molecule has 1 saturated carbocycles. The van der Waals surface area contributed by atoms with Crippen LogP contribution in [0.4, 0.5) is 0 Å². The van der Waals surface area contributed by atoms with Gasteiger partial charge in [0.05, 0.1) is 0 Å². The number of para-hydroxylation sites is 2. The molecule has 0 aliphatic heterocycles.